The molecule has 0 aliphatic rings. The van der Waals surface area contributed by atoms with Crippen molar-refractivity contribution in [3.05, 3.63) is 11.6 Å². The molecule has 0 heterocycles. The van der Waals surface area contributed by atoms with E-state index in [4.69, 9.17) is 16.7 Å². The molecule has 0 aromatic rings. The number of halogens is 1. The van der Waals surface area contributed by atoms with Gasteiger partial charge in [0.1, 0.15) is 0 Å². The van der Waals surface area contributed by atoms with E-state index in [1.54, 1.807) is 5.54 Å². The summed E-state index contributed by atoms with van der Waals surface area (Å²) in [4.78, 5) is 2.30. The van der Waals surface area contributed by atoms with Crippen LogP contribution in [0.3, 0.4) is 0 Å². The third-order valence-electron chi connectivity index (χ3n) is 1.78. The molecule has 0 saturated carbocycles. The lowest BCUT2D eigenvalue weighted by Crippen LogP contribution is -2.34. The van der Waals surface area contributed by atoms with Crippen LogP contribution in [0.15, 0.2) is 11.6 Å². The van der Waals surface area contributed by atoms with Crippen molar-refractivity contribution in [3.8, 4) is 0 Å². The van der Waals surface area contributed by atoms with Crippen LogP contribution in [0, 0.1) is 5.41 Å². The number of aliphatic hydroxyl groups excluding tert-OH is 1. The Balaban J connectivity index is 3.96. The molecule has 0 aliphatic heterocycles. The maximum absolute atomic E-state index is 8.77. The first-order valence-electron chi connectivity index (χ1n) is 5.08. The van der Waals surface area contributed by atoms with E-state index in [9.17, 15) is 0 Å². The highest BCUT2D eigenvalue weighted by Gasteiger charge is 2.14. The van der Waals surface area contributed by atoms with E-state index in [1.807, 2.05) is 6.08 Å². The number of hydrogen-bond acceptors (Lipinski definition) is 2. The standard InChI is InChI=1S/C11H22ClNO/c1-11(2,3)10-13(7-4-6-12)8-5-9-14/h4,6,14H,5,7-10H2,1-3H3. The Morgan fingerprint density at radius 3 is 2.43 bits per heavy atom. The van der Waals surface area contributed by atoms with Crippen LogP contribution in [-0.4, -0.2) is 36.2 Å². The molecule has 0 amide bonds. The van der Waals surface area contributed by atoms with Crippen LogP contribution in [0.2, 0.25) is 0 Å². The zero-order valence-corrected chi connectivity index (χ0v) is 10.2. The third kappa shape index (κ3) is 8.54. The Bertz CT molecular complexity index is 163. The van der Waals surface area contributed by atoms with E-state index < -0.39 is 0 Å². The van der Waals surface area contributed by atoms with Crippen LogP contribution in [-0.2, 0) is 0 Å². The Labute approximate surface area is 92.6 Å². The van der Waals surface area contributed by atoms with Crippen molar-refractivity contribution in [2.24, 2.45) is 5.41 Å². The zero-order valence-electron chi connectivity index (χ0n) is 9.46. The summed E-state index contributed by atoms with van der Waals surface area (Å²) >= 11 is 5.49. The number of nitrogens with zero attached hydrogens (tertiary/aromatic N) is 1. The van der Waals surface area contributed by atoms with Gasteiger partial charge in [-0.25, -0.2) is 0 Å². The van der Waals surface area contributed by atoms with Gasteiger partial charge in [-0.15, -0.1) is 0 Å². The number of hydrogen-bond donors (Lipinski definition) is 1. The summed E-state index contributed by atoms with van der Waals surface area (Å²) in [6, 6.07) is 0. The van der Waals surface area contributed by atoms with Gasteiger partial charge in [-0.05, 0) is 11.8 Å². The zero-order chi connectivity index (χ0) is 11.0. The molecule has 0 rings (SSSR count). The first-order valence-corrected chi connectivity index (χ1v) is 5.51. The van der Waals surface area contributed by atoms with Gasteiger partial charge in [0, 0.05) is 31.8 Å². The Morgan fingerprint density at radius 1 is 1.36 bits per heavy atom. The fourth-order valence-corrected chi connectivity index (χ4v) is 1.47. The van der Waals surface area contributed by atoms with E-state index in [2.05, 4.69) is 25.7 Å². The highest BCUT2D eigenvalue weighted by atomic mass is 35.5. The molecular formula is C11H22ClNO. The van der Waals surface area contributed by atoms with Gasteiger partial charge in [0.2, 0.25) is 0 Å². The van der Waals surface area contributed by atoms with Crippen molar-refractivity contribution in [2.75, 3.05) is 26.2 Å². The molecule has 0 fully saturated rings. The second kappa shape index (κ2) is 7.27. The lowest BCUT2D eigenvalue weighted by molar-refractivity contribution is 0.186. The summed E-state index contributed by atoms with van der Waals surface area (Å²) in [5.41, 5.74) is 1.84. The Kier molecular flexibility index (Phi) is 7.24. The molecule has 14 heavy (non-hydrogen) atoms. The Morgan fingerprint density at radius 2 is 2.00 bits per heavy atom. The molecular weight excluding hydrogens is 198 g/mol. The van der Waals surface area contributed by atoms with Gasteiger partial charge in [-0.2, -0.15) is 0 Å². The van der Waals surface area contributed by atoms with Gasteiger partial charge < -0.3 is 5.11 Å². The fourth-order valence-electron chi connectivity index (χ4n) is 1.39. The van der Waals surface area contributed by atoms with Gasteiger partial charge in [0.25, 0.3) is 0 Å². The number of rotatable bonds is 6. The summed E-state index contributed by atoms with van der Waals surface area (Å²) in [5.74, 6) is 0. The summed E-state index contributed by atoms with van der Waals surface area (Å²) in [5, 5.41) is 8.77. The molecule has 0 spiro atoms. The third-order valence-corrected chi connectivity index (χ3v) is 1.96. The lowest BCUT2D eigenvalue weighted by atomic mass is 9.96. The Hall–Kier alpha value is -0.0500. The van der Waals surface area contributed by atoms with Crippen molar-refractivity contribution in [1.29, 1.82) is 0 Å². The predicted molar refractivity (Wildman–Crippen MR) is 62.6 cm³/mol. The molecule has 0 aromatic carbocycles. The van der Waals surface area contributed by atoms with Gasteiger partial charge in [0.15, 0.2) is 0 Å². The smallest absolute Gasteiger partial charge is 0.0443 e. The summed E-state index contributed by atoms with van der Waals surface area (Å²) in [6.45, 7) is 9.70. The van der Waals surface area contributed by atoms with Crippen LogP contribution < -0.4 is 0 Å². The molecule has 1 N–H and O–H groups in total. The van der Waals surface area contributed by atoms with Crippen molar-refractivity contribution in [3.63, 3.8) is 0 Å². The van der Waals surface area contributed by atoms with E-state index in [0.29, 0.717) is 0 Å². The van der Waals surface area contributed by atoms with Gasteiger partial charge >= 0.3 is 0 Å². The lowest BCUT2D eigenvalue weighted by Gasteiger charge is -2.28. The minimum absolute atomic E-state index is 0.255. The molecule has 3 heteroatoms. The first kappa shape index (κ1) is 13.9. The normalized spacial score (nSPS) is 13.0. The average molecular weight is 220 g/mol. The summed E-state index contributed by atoms with van der Waals surface area (Å²) < 4.78 is 0. The molecule has 0 aromatic heterocycles. The van der Waals surface area contributed by atoms with Crippen LogP contribution in [0.25, 0.3) is 0 Å². The van der Waals surface area contributed by atoms with Crippen LogP contribution >= 0.6 is 11.6 Å². The van der Waals surface area contributed by atoms with Crippen LogP contribution in [0.1, 0.15) is 27.2 Å². The molecule has 84 valence electrons. The van der Waals surface area contributed by atoms with Crippen molar-refractivity contribution in [2.45, 2.75) is 27.2 Å². The molecule has 0 saturated heterocycles. The fraction of sp³-hybridized carbons (Fsp3) is 0.818. The monoisotopic (exact) mass is 219 g/mol. The predicted octanol–water partition coefficient (Wildman–Crippen LogP) is 2.47. The van der Waals surface area contributed by atoms with E-state index in [0.717, 1.165) is 26.1 Å². The van der Waals surface area contributed by atoms with Crippen LogP contribution in [0.4, 0.5) is 0 Å². The SMILES string of the molecule is CC(C)(C)CN(CC=CCl)CCCO. The van der Waals surface area contributed by atoms with E-state index in [-0.39, 0.29) is 12.0 Å². The summed E-state index contributed by atoms with van der Waals surface area (Å²) in [7, 11) is 0. The summed E-state index contributed by atoms with van der Waals surface area (Å²) in [6.07, 6.45) is 2.76. The van der Waals surface area contributed by atoms with Crippen molar-refractivity contribution < 1.29 is 5.11 Å². The van der Waals surface area contributed by atoms with Gasteiger partial charge in [0.05, 0.1) is 0 Å². The quantitative estimate of drug-likeness (QED) is 0.742. The highest BCUT2D eigenvalue weighted by Crippen LogP contribution is 2.15. The van der Waals surface area contributed by atoms with Gasteiger partial charge in [-0.1, -0.05) is 38.4 Å². The van der Waals surface area contributed by atoms with Gasteiger partial charge in [-0.3, -0.25) is 4.90 Å². The number of aliphatic hydroxyl groups is 1. The highest BCUT2D eigenvalue weighted by molar-refractivity contribution is 6.25. The van der Waals surface area contributed by atoms with E-state index in [1.165, 1.54) is 0 Å². The van der Waals surface area contributed by atoms with E-state index >= 15 is 0 Å². The average Bonchev–Trinajstić information content (AvgIpc) is 2.07. The minimum Gasteiger partial charge on any atom is -0.396 e. The molecule has 0 aliphatic carbocycles. The van der Waals surface area contributed by atoms with Crippen molar-refractivity contribution in [1.82, 2.24) is 4.90 Å². The molecule has 0 atom stereocenters. The topological polar surface area (TPSA) is 23.5 Å². The molecule has 0 radical (unpaired) electrons. The minimum atomic E-state index is 0.255. The maximum atomic E-state index is 8.77. The maximum Gasteiger partial charge on any atom is 0.0443 e. The molecule has 0 unspecified atom stereocenters. The molecule has 2 nitrogen and oxygen atoms in total. The van der Waals surface area contributed by atoms with Crippen LogP contribution in [0.5, 0.6) is 0 Å². The largest absolute Gasteiger partial charge is 0.396 e. The van der Waals surface area contributed by atoms with Crippen molar-refractivity contribution >= 4 is 11.6 Å². The molecule has 0 bridgehead atoms. The first-order chi connectivity index (χ1) is 6.49. The second-order valence-corrected chi connectivity index (χ2v) is 4.99. The second-order valence-electron chi connectivity index (χ2n) is 4.73.